The van der Waals surface area contributed by atoms with Crippen LogP contribution in [0.5, 0.6) is 46.0 Å². The molecule has 4 aliphatic heterocycles. The van der Waals surface area contributed by atoms with Crippen molar-refractivity contribution in [3.63, 3.8) is 0 Å². The van der Waals surface area contributed by atoms with E-state index in [1.807, 2.05) is 24.3 Å². The highest BCUT2D eigenvalue weighted by Crippen LogP contribution is 2.62. The lowest BCUT2D eigenvalue weighted by atomic mass is 9.88. The molecule has 0 saturated carbocycles. The molecule has 0 fully saturated rings. The zero-order valence-corrected chi connectivity index (χ0v) is 33.4. The van der Waals surface area contributed by atoms with Crippen LogP contribution >= 0.6 is 30.4 Å². The summed E-state index contributed by atoms with van der Waals surface area (Å²) in [5.41, 5.74) is 7.80. The van der Waals surface area contributed by atoms with Gasteiger partial charge in [0.25, 0.3) is 0 Å². The Kier molecular flexibility index (Phi) is 7.12. The second-order valence-corrected chi connectivity index (χ2v) is 22.1. The highest BCUT2D eigenvalue weighted by atomic mass is 31.2. The van der Waals surface area contributed by atoms with E-state index in [0.29, 0.717) is 93.9 Å². The van der Waals surface area contributed by atoms with Crippen molar-refractivity contribution >= 4 is 30.4 Å². The summed E-state index contributed by atoms with van der Waals surface area (Å²) in [4.78, 5) is 0. The van der Waals surface area contributed by atoms with E-state index in [0.717, 1.165) is 44.5 Å². The molecule has 1 aliphatic carbocycles. The van der Waals surface area contributed by atoms with Crippen LogP contribution < -0.4 is 36.2 Å². The predicted octanol–water partition coefficient (Wildman–Crippen LogP) is 9.97. The molecule has 0 N–H and O–H groups in total. The molecule has 0 aromatic heterocycles. The molecule has 4 aromatic rings. The first-order chi connectivity index (χ1) is 24.3. The molecule has 9 rings (SSSR count). The third-order valence-corrected chi connectivity index (χ3v) is 14.1. The van der Waals surface area contributed by atoms with E-state index < -0.39 is 30.4 Å². The Balaban J connectivity index is 1.43. The van der Waals surface area contributed by atoms with E-state index >= 15 is 0 Å². The van der Waals surface area contributed by atoms with Crippen LogP contribution in [-0.4, -0.2) is 26.7 Å². The van der Waals surface area contributed by atoms with E-state index in [1.54, 1.807) is 27.7 Å². The second-order valence-electron chi connectivity index (χ2n) is 14.4. The molecule has 16 heteroatoms. The Morgan fingerprint density at radius 3 is 0.596 bits per heavy atom. The van der Waals surface area contributed by atoms with Crippen LogP contribution in [0.15, 0.2) is 24.3 Å². The van der Waals surface area contributed by atoms with Crippen molar-refractivity contribution < 1.29 is 54.5 Å². The minimum atomic E-state index is -3.85. The maximum atomic E-state index is 14.1. The van der Waals surface area contributed by atoms with Gasteiger partial charge in [-0.2, -0.15) is 0 Å². The molecule has 4 heterocycles. The fourth-order valence-electron chi connectivity index (χ4n) is 7.99. The summed E-state index contributed by atoms with van der Waals surface area (Å²) in [5, 5.41) is 0. The lowest BCUT2D eigenvalue weighted by molar-refractivity contribution is 0.369. The van der Waals surface area contributed by atoms with Gasteiger partial charge in [0.05, 0.1) is 26.7 Å². The fraction of sp³-hybridized carbons (Fsp3) is 0.333. The molecular formula is C36H36O12P4. The molecule has 272 valence electrons. The number of hydrogen-bond acceptors (Lipinski definition) is 12. The van der Waals surface area contributed by atoms with Gasteiger partial charge in [0.15, 0.2) is 0 Å². The van der Waals surface area contributed by atoms with Gasteiger partial charge in [-0.05, 0) is 52.0 Å². The Morgan fingerprint density at radius 1 is 0.327 bits per heavy atom. The normalized spacial score (nSPS) is 27.2. The Labute approximate surface area is 301 Å². The largest absolute Gasteiger partial charge is 0.427 e. The van der Waals surface area contributed by atoms with Crippen molar-refractivity contribution in [1.82, 2.24) is 0 Å². The molecule has 0 amide bonds. The first-order valence-electron chi connectivity index (χ1n) is 16.8. The fourth-order valence-corrected chi connectivity index (χ4v) is 12.8. The average Bonchev–Trinajstić information content (AvgIpc) is 3.01. The monoisotopic (exact) mass is 784 g/mol. The van der Waals surface area contributed by atoms with Gasteiger partial charge < -0.3 is 36.2 Å². The van der Waals surface area contributed by atoms with Gasteiger partial charge in [0.2, 0.25) is 0 Å². The number of hydrogen-bond donors (Lipinski definition) is 0. The van der Waals surface area contributed by atoms with Crippen molar-refractivity contribution in [2.45, 2.75) is 53.4 Å². The van der Waals surface area contributed by atoms with E-state index in [2.05, 4.69) is 0 Å². The summed E-state index contributed by atoms with van der Waals surface area (Å²) in [5.74, 6) is 2.47. The van der Waals surface area contributed by atoms with Gasteiger partial charge in [-0.3, -0.25) is 0 Å². The van der Waals surface area contributed by atoms with E-state index in [9.17, 15) is 18.3 Å². The van der Waals surface area contributed by atoms with Crippen LogP contribution in [0.4, 0.5) is 0 Å². The zero-order valence-electron chi connectivity index (χ0n) is 29.8. The molecule has 0 atom stereocenters. The van der Waals surface area contributed by atoms with E-state index in [4.69, 9.17) is 36.2 Å². The lowest BCUT2D eigenvalue weighted by Gasteiger charge is -2.33. The van der Waals surface area contributed by atoms with Crippen LogP contribution in [0.3, 0.4) is 0 Å². The summed E-state index contributed by atoms with van der Waals surface area (Å²) in [6.45, 7) is 12.6. The second kappa shape index (κ2) is 10.9. The molecule has 0 saturated heterocycles. The summed E-state index contributed by atoms with van der Waals surface area (Å²) in [6, 6.07) is 7.73. The first kappa shape index (κ1) is 34.0. The van der Waals surface area contributed by atoms with Crippen LogP contribution in [-0.2, 0) is 43.9 Å². The third kappa shape index (κ3) is 5.40. The molecule has 4 aromatic carbocycles. The minimum Gasteiger partial charge on any atom is -0.415 e. The standard InChI is InChI=1S/C36H36O12P4/c1-17-29-21-9-22-14-24-11-26-16-28-12-27-15-25-10-23(13-21)31(43-49(5,37)41-29)18(2)33(25)45-51(7,39)47-35(27)20(4)36(28)48-52(8,40)46-34(26)19(3)32(24)44-50(6,38)42-30(17)22/h9-12H,13-16H2,1-8H3. The highest BCUT2D eigenvalue weighted by molar-refractivity contribution is 7.54. The molecule has 5 aliphatic rings. The maximum Gasteiger partial charge on any atom is 0.427 e. The molecule has 0 spiro atoms. The Morgan fingerprint density at radius 2 is 0.462 bits per heavy atom. The van der Waals surface area contributed by atoms with Crippen LogP contribution in [0.2, 0.25) is 0 Å². The van der Waals surface area contributed by atoms with E-state index in [-0.39, 0.29) is 0 Å². The number of rotatable bonds is 0. The Hall–Kier alpha value is -3.80. The van der Waals surface area contributed by atoms with E-state index in [1.165, 1.54) is 26.7 Å². The van der Waals surface area contributed by atoms with Crippen LogP contribution in [0.25, 0.3) is 0 Å². The molecule has 0 radical (unpaired) electrons. The predicted molar refractivity (Wildman–Crippen MR) is 195 cm³/mol. The zero-order chi connectivity index (χ0) is 36.9. The lowest BCUT2D eigenvalue weighted by Crippen LogP contribution is -2.17. The third-order valence-electron chi connectivity index (χ3n) is 10.0. The van der Waals surface area contributed by atoms with Gasteiger partial charge in [-0.25, -0.2) is 18.3 Å². The van der Waals surface area contributed by atoms with Crippen molar-refractivity contribution in [3.05, 3.63) is 91.0 Å². The molecule has 8 bridgehead atoms. The molecular weight excluding hydrogens is 748 g/mol. The van der Waals surface area contributed by atoms with Gasteiger partial charge in [-0.1, -0.05) is 0 Å². The molecule has 0 unspecified atom stereocenters. The summed E-state index contributed by atoms with van der Waals surface area (Å²) >= 11 is 0. The summed E-state index contributed by atoms with van der Waals surface area (Å²) < 4.78 is 106. The highest BCUT2D eigenvalue weighted by Gasteiger charge is 2.40. The maximum absolute atomic E-state index is 14.1. The van der Waals surface area contributed by atoms with Crippen molar-refractivity contribution in [2.75, 3.05) is 26.7 Å². The van der Waals surface area contributed by atoms with Crippen LogP contribution in [0, 0.1) is 27.7 Å². The van der Waals surface area contributed by atoms with Gasteiger partial charge >= 0.3 is 30.4 Å². The summed E-state index contributed by atoms with van der Waals surface area (Å²) in [6.07, 6.45) is 1.25. The van der Waals surface area contributed by atoms with Gasteiger partial charge in [0, 0.05) is 92.4 Å². The van der Waals surface area contributed by atoms with Gasteiger partial charge in [0.1, 0.15) is 46.0 Å². The Bertz CT molecular complexity index is 2070. The number of benzene rings is 4. The first-order valence-corrected chi connectivity index (χ1v) is 24.7. The SMILES string of the molecule is Cc1c2c3cc4c1OP(C)(=O)Oc1c(cc5c(c1C)OP(C)(=O)Oc1c(cc6c(c1C)OP(C)(=O)Oc1c(cc(c(c1C)OP(C)(=O)O2)C3)C6)C5)C4. The van der Waals surface area contributed by atoms with Crippen molar-refractivity contribution in [2.24, 2.45) is 0 Å². The van der Waals surface area contributed by atoms with Crippen molar-refractivity contribution in [1.29, 1.82) is 0 Å². The average molecular weight is 785 g/mol. The van der Waals surface area contributed by atoms with Crippen LogP contribution in [0.1, 0.15) is 66.8 Å². The smallest absolute Gasteiger partial charge is 0.415 e. The minimum absolute atomic E-state index is 0.309. The molecule has 52 heavy (non-hydrogen) atoms. The van der Waals surface area contributed by atoms with Gasteiger partial charge in [-0.15, -0.1) is 0 Å². The topological polar surface area (TPSA) is 142 Å². The molecule has 12 nitrogen and oxygen atoms in total. The van der Waals surface area contributed by atoms with Crippen molar-refractivity contribution in [3.8, 4) is 46.0 Å². The quantitative estimate of drug-likeness (QED) is 0.138. The summed E-state index contributed by atoms with van der Waals surface area (Å²) in [7, 11) is -15.4.